The number of hydrogen-bond donors (Lipinski definition) is 1. The fourth-order valence-corrected chi connectivity index (χ4v) is 3.36. The number of hydrogen-bond acceptors (Lipinski definition) is 5. The van der Waals surface area contributed by atoms with Crippen molar-refractivity contribution in [3.63, 3.8) is 0 Å². The number of amides is 1. The maximum atomic E-state index is 12.2. The highest BCUT2D eigenvalue weighted by Gasteiger charge is 2.31. The predicted octanol–water partition coefficient (Wildman–Crippen LogP) is 3.58. The summed E-state index contributed by atoms with van der Waals surface area (Å²) in [4.78, 5) is 19.5. The monoisotopic (exact) mass is 325 g/mol. The van der Waals surface area contributed by atoms with Gasteiger partial charge >= 0.3 is 6.09 Å². The average Bonchev–Trinajstić information content (AvgIpc) is 3.08. The number of likely N-dealkylation sites (tertiary alicyclic amines) is 1. The van der Waals surface area contributed by atoms with Crippen molar-refractivity contribution < 1.29 is 9.53 Å². The highest BCUT2D eigenvalue weighted by Crippen LogP contribution is 2.23. The minimum Gasteiger partial charge on any atom is -0.444 e. The number of aromatic nitrogens is 1. The summed E-state index contributed by atoms with van der Waals surface area (Å²) in [7, 11) is 0. The number of carbonyl (C=O) groups is 1. The first-order valence-electron chi connectivity index (χ1n) is 7.98. The molecule has 1 N–H and O–H groups in total. The van der Waals surface area contributed by atoms with Crippen LogP contribution in [0.5, 0.6) is 0 Å². The van der Waals surface area contributed by atoms with Crippen molar-refractivity contribution >= 4 is 17.4 Å². The van der Waals surface area contributed by atoms with Crippen molar-refractivity contribution in [2.24, 2.45) is 0 Å². The van der Waals surface area contributed by atoms with Gasteiger partial charge in [0.05, 0.1) is 5.51 Å². The van der Waals surface area contributed by atoms with Crippen molar-refractivity contribution in [2.75, 3.05) is 13.1 Å². The van der Waals surface area contributed by atoms with Crippen molar-refractivity contribution in [3.8, 4) is 0 Å². The third-order valence-corrected chi connectivity index (χ3v) is 4.77. The van der Waals surface area contributed by atoms with Crippen LogP contribution in [0.25, 0.3) is 0 Å². The van der Waals surface area contributed by atoms with Crippen LogP contribution in [0, 0.1) is 0 Å². The van der Waals surface area contributed by atoms with Gasteiger partial charge in [-0.15, -0.1) is 11.3 Å². The molecule has 0 spiro atoms. The van der Waals surface area contributed by atoms with E-state index in [2.05, 4.69) is 17.2 Å². The first-order chi connectivity index (χ1) is 10.4. The van der Waals surface area contributed by atoms with E-state index in [1.165, 1.54) is 4.88 Å². The Morgan fingerprint density at radius 3 is 3.00 bits per heavy atom. The second-order valence-electron chi connectivity index (χ2n) is 6.84. The smallest absolute Gasteiger partial charge is 0.410 e. The number of ether oxygens (including phenoxy) is 1. The molecule has 2 heterocycles. The molecule has 2 rings (SSSR count). The molecule has 0 aromatic carbocycles. The fraction of sp³-hybridized carbons (Fsp3) is 0.750. The Kier molecular flexibility index (Phi) is 5.81. The first-order valence-corrected chi connectivity index (χ1v) is 8.86. The Hall–Kier alpha value is -1.14. The van der Waals surface area contributed by atoms with E-state index in [0.717, 1.165) is 32.4 Å². The lowest BCUT2D eigenvalue weighted by atomic mass is 10.1. The van der Waals surface area contributed by atoms with E-state index in [0.29, 0.717) is 6.04 Å². The standard InChI is InChI=1S/C16H27N3O2S/c1-12(14-10-17-11-22-14)18-8-7-13-6-5-9-19(13)15(20)21-16(2,3)4/h10-13,18H,5-9H2,1-4H3. The molecular formula is C16H27N3O2S. The molecule has 0 bridgehead atoms. The van der Waals surface area contributed by atoms with Gasteiger partial charge in [0.2, 0.25) is 0 Å². The van der Waals surface area contributed by atoms with Gasteiger partial charge in [0.15, 0.2) is 0 Å². The van der Waals surface area contributed by atoms with Crippen LogP contribution in [0.4, 0.5) is 4.79 Å². The molecule has 22 heavy (non-hydrogen) atoms. The molecule has 1 saturated heterocycles. The summed E-state index contributed by atoms with van der Waals surface area (Å²) in [5.74, 6) is 0. The lowest BCUT2D eigenvalue weighted by molar-refractivity contribution is 0.0220. The molecule has 2 unspecified atom stereocenters. The van der Waals surface area contributed by atoms with Crippen LogP contribution in [0.15, 0.2) is 11.7 Å². The highest BCUT2D eigenvalue weighted by molar-refractivity contribution is 7.09. The summed E-state index contributed by atoms with van der Waals surface area (Å²) in [6.07, 6.45) is 4.82. The second-order valence-corrected chi connectivity index (χ2v) is 7.76. The van der Waals surface area contributed by atoms with Crippen LogP contribution in [0.2, 0.25) is 0 Å². The average molecular weight is 325 g/mol. The van der Waals surface area contributed by atoms with Gasteiger partial charge in [0, 0.05) is 29.7 Å². The van der Waals surface area contributed by atoms with Crippen LogP contribution in [0.1, 0.15) is 57.9 Å². The van der Waals surface area contributed by atoms with Gasteiger partial charge in [0.25, 0.3) is 0 Å². The van der Waals surface area contributed by atoms with Gasteiger partial charge in [-0.05, 0) is 53.5 Å². The number of rotatable bonds is 5. The molecule has 2 atom stereocenters. The van der Waals surface area contributed by atoms with Gasteiger partial charge in [0.1, 0.15) is 5.60 Å². The van der Waals surface area contributed by atoms with Crippen LogP contribution in [-0.2, 0) is 4.74 Å². The summed E-state index contributed by atoms with van der Waals surface area (Å²) in [6.45, 7) is 9.58. The molecule has 0 radical (unpaired) electrons. The number of carbonyl (C=O) groups excluding carboxylic acids is 1. The maximum Gasteiger partial charge on any atom is 0.410 e. The zero-order valence-electron chi connectivity index (χ0n) is 14.0. The van der Waals surface area contributed by atoms with E-state index in [1.54, 1.807) is 11.3 Å². The normalized spacial score (nSPS) is 20.2. The molecule has 0 saturated carbocycles. The number of nitrogens with zero attached hydrogens (tertiary/aromatic N) is 2. The predicted molar refractivity (Wildman–Crippen MR) is 89.1 cm³/mol. The molecule has 0 aliphatic carbocycles. The third kappa shape index (κ3) is 4.95. The van der Waals surface area contributed by atoms with Crippen molar-refractivity contribution in [2.45, 2.75) is 64.6 Å². The van der Waals surface area contributed by atoms with Gasteiger partial charge in [-0.1, -0.05) is 0 Å². The quantitative estimate of drug-likeness (QED) is 0.899. The van der Waals surface area contributed by atoms with Crippen molar-refractivity contribution in [1.82, 2.24) is 15.2 Å². The maximum absolute atomic E-state index is 12.2. The first kappa shape index (κ1) is 17.2. The van der Waals surface area contributed by atoms with Crippen LogP contribution in [-0.4, -0.2) is 40.7 Å². The summed E-state index contributed by atoms with van der Waals surface area (Å²) in [5.41, 5.74) is 1.43. The lowest BCUT2D eigenvalue weighted by Gasteiger charge is -2.29. The topological polar surface area (TPSA) is 54.5 Å². The lowest BCUT2D eigenvalue weighted by Crippen LogP contribution is -2.41. The van der Waals surface area contributed by atoms with E-state index in [4.69, 9.17) is 4.74 Å². The van der Waals surface area contributed by atoms with Crippen molar-refractivity contribution in [3.05, 3.63) is 16.6 Å². The van der Waals surface area contributed by atoms with Gasteiger partial charge in [-0.3, -0.25) is 4.98 Å². The SMILES string of the molecule is CC(NCCC1CCCN1C(=O)OC(C)(C)C)c1cncs1. The minimum atomic E-state index is -0.427. The molecule has 1 aliphatic heterocycles. The molecule has 1 amide bonds. The molecule has 1 fully saturated rings. The number of nitrogens with one attached hydrogen (secondary N) is 1. The van der Waals surface area contributed by atoms with Crippen LogP contribution >= 0.6 is 11.3 Å². The molecule has 1 aromatic heterocycles. The Morgan fingerprint density at radius 2 is 2.36 bits per heavy atom. The van der Waals surface area contributed by atoms with E-state index in [-0.39, 0.29) is 12.1 Å². The molecule has 1 aliphatic rings. The van der Waals surface area contributed by atoms with E-state index >= 15 is 0 Å². The number of thiazole rings is 1. The second kappa shape index (κ2) is 7.42. The zero-order valence-corrected chi connectivity index (χ0v) is 14.8. The molecule has 6 heteroatoms. The summed E-state index contributed by atoms with van der Waals surface area (Å²) >= 11 is 1.67. The summed E-state index contributed by atoms with van der Waals surface area (Å²) in [5, 5.41) is 3.51. The Balaban J connectivity index is 1.78. The molecule has 1 aromatic rings. The third-order valence-electron chi connectivity index (χ3n) is 3.81. The van der Waals surface area contributed by atoms with E-state index in [9.17, 15) is 4.79 Å². The Bertz CT molecular complexity index is 470. The highest BCUT2D eigenvalue weighted by atomic mass is 32.1. The van der Waals surface area contributed by atoms with Gasteiger partial charge in [-0.25, -0.2) is 4.79 Å². The Labute approximate surface area is 137 Å². The summed E-state index contributed by atoms with van der Waals surface area (Å²) < 4.78 is 5.50. The molecule has 124 valence electrons. The van der Waals surface area contributed by atoms with Crippen molar-refractivity contribution in [1.29, 1.82) is 0 Å². The van der Waals surface area contributed by atoms with Crippen LogP contribution < -0.4 is 5.32 Å². The van der Waals surface area contributed by atoms with E-state index < -0.39 is 5.60 Å². The van der Waals surface area contributed by atoms with E-state index in [1.807, 2.05) is 37.4 Å². The minimum absolute atomic E-state index is 0.175. The molecular weight excluding hydrogens is 298 g/mol. The fourth-order valence-electron chi connectivity index (χ4n) is 2.70. The largest absolute Gasteiger partial charge is 0.444 e. The van der Waals surface area contributed by atoms with Crippen LogP contribution in [0.3, 0.4) is 0 Å². The van der Waals surface area contributed by atoms with Gasteiger partial charge in [-0.2, -0.15) is 0 Å². The zero-order chi connectivity index (χ0) is 16.2. The Morgan fingerprint density at radius 1 is 1.59 bits per heavy atom. The molecule has 5 nitrogen and oxygen atoms in total. The van der Waals surface area contributed by atoms with Gasteiger partial charge < -0.3 is 15.0 Å². The summed E-state index contributed by atoms with van der Waals surface area (Å²) in [6, 6.07) is 0.597.